The van der Waals surface area contributed by atoms with Gasteiger partial charge in [-0.1, -0.05) is 60.7 Å². The van der Waals surface area contributed by atoms with Crippen molar-refractivity contribution in [2.24, 2.45) is 0 Å². The molecule has 0 saturated carbocycles. The minimum Gasteiger partial charge on any atom is -0.340 e. The summed E-state index contributed by atoms with van der Waals surface area (Å²) in [6.07, 6.45) is 1.13. The fourth-order valence-corrected chi connectivity index (χ4v) is 4.55. The van der Waals surface area contributed by atoms with E-state index in [1.54, 1.807) is 4.90 Å². The van der Waals surface area contributed by atoms with E-state index in [1.807, 2.05) is 36.4 Å². The molecule has 0 radical (unpaired) electrons. The summed E-state index contributed by atoms with van der Waals surface area (Å²) in [7, 11) is -0.309. The number of hydrogen-bond acceptors (Lipinski definition) is 3. The number of amides is 1. The van der Waals surface area contributed by atoms with E-state index >= 15 is 0 Å². The highest BCUT2D eigenvalue weighted by atomic mass is 32.2. The molecule has 0 bridgehead atoms. The van der Waals surface area contributed by atoms with Crippen molar-refractivity contribution in [1.82, 2.24) is 9.21 Å². The van der Waals surface area contributed by atoms with Gasteiger partial charge in [0.2, 0.25) is 15.9 Å². The second-order valence-corrected chi connectivity index (χ2v) is 9.53. The Morgan fingerprint density at radius 1 is 0.963 bits per heavy atom. The fraction of sp³-hybridized carbons (Fsp3) is 0.381. The molecule has 144 valence electrons. The Morgan fingerprint density at radius 2 is 1.48 bits per heavy atom. The van der Waals surface area contributed by atoms with Crippen LogP contribution in [0.15, 0.2) is 60.7 Å². The Balaban J connectivity index is 1.94. The molecule has 6 heteroatoms. The zero-order chi connectivity index (χ0) is 19.5. The molecule has 27 heavy (non-hydrogen) atoms. The SMILES string of the molecule is CN(C)S(=O)(=O)CCN1CC(c2ccccc2)(c2ccccc2)CCC1=O. The Kier molecular flexibility index (Phi) is 5.67. The summed E-state index contributed by atoms with van der Waals surface area (Å²) in [4.78, 5) is 14.3. The molecule has 1 aliphatic heterocycles. The van der Waals surface area contributed by atoms with Crippen LogP contribution in [0, 0.1) is 0 Å². The number of piperidine rings is 1. The average molecular weight is 387 g/mol. The third-order valence-corrected chi connectivity index (χ3v) is 7.22. The Hall–Kier alpha value is -2.18. The Bertz CT molecular complexity index is 841. The highest BCUT2D eigenvalue weighted by Gasteiger charge is 2.41. The predicted octanol–water partition coefficient (Wildman–Crippen LogP) is 2.49. The van der Waals surface area contributed by atoms with Crippen molar-refractivity contribution in [3.05, 3.63) is 71.8 Å². The van der Waals surface area contributed by atoms with Gasteiger partial charge in [0.05, 0.1) is 5.75 Å². The molecule has 3 rings (SSSR count). The molecule has 0 atom stereocenters. The van der Waals surface area contributed by atoms with Gasteiger partial charge in [-0.15, -0.1) is 0 Å². The average Bonchev–Trinajstić information content (AvgIpc) is 2.69. The molecular formula is C21H26N2O3S. The summed E-state index contributed by atoms with van der Waals surface area (Å²) in [6, 6.07) is 20.4. The maximum Gasteiger partial charge on any atom is 0.222 e. The van der Waals surface area contributed by atoms with Crippen molar-refractivity contribution in [3.63, 3.8) is 0 Å². The molecule has 1 heterocycles. The first-order chi connectivity index (χ1) is 12.8. The molecule has 2 aromatic carbocycles. The number of nitrogens with zero attached hydrogens (tertiary/aromatic N) is 2. The standard InChI is InChI=1S/C21H26N2O3S/c1-22(2)27(25,26)16-15-23-17-21(14-13-20(23)24,18-9-5-3-6-10-18)19-11-7-4-8-12-19/h3-12H,13-17H2,1-2H3. The van der Waals surface area contributed by atoms with Crippen molar-refractivity contribution >= 4 is 15.9 Å². The highest BCUT2D eigenvalue weighted by Crippen LogP contribution is 2.40. The maximum atomic E-state index is 12.5. The molecule has 0 N–H and O–H groups in total. The summed E-state index contributed by atoms with van der Waals surface area (Å²) in [5, 5.41) is 0. The minimum atomic E-state index is -3.35. The number of carbonyl (C=O) groups is 1. The largest absolute Gasteiger partial charge is 0.340 e. The van der Waals surface area contributed by atoms with Gasteiger partial charge in [0.1, 0.15) is 0 Å². The van der Waals surface area contributed by atoms with E-state index in [1.165, 1.54) is 18.4 Å². The zero-order valence-electron chi connectivity index (χ0n) is 15.8. The summed E-state index contributed by atoms with van der Waals surface area (Å²) in [5.74, 6) is -0.0442. The first-order valence-corrected chi connectivity index (χ1v) is 10.8. The van der Waals surface area contributed by atoms with Crippen LogP contribution in [-0.2, 0) is 20.2 Å². The van der Waals surface area contributed by atoms with Gasteiger partial charge in [-0.25, -0.2) is 12.7 Å². The molecule has 1 saturated heterocycles. The van der Waals surface area contributed by atoms with Crippen LogP contribution in [0.2, 0.25) is 0 Å². The maximum absolute atomic E-state index is 12.5. The number of carbonyl (C=O) groups excluding carboxylic acids is 1. The van der Waals surface area contributed by atoms with Crippen LogP contribution < -0.4 is 0 Å². The van der Waals surface area contributed by atoms with Gasteiger partial charge in [-0.3, -0.25) is 4.79 Å². The fourth-order valence-electron chi connectivity index (χ4n) is 3.74. The lowest BCUT2D eigenvalue weighted by atomic mass is 9.69. The van der Waals surface area contributed by atoms with Crippen LogP contribution in [0.1, 0.15) is 24.0 Å². The topological polar surface area (TPSA) is 57.7 Å². The van der Waals surface area contributed by atoms with Crippen LogP contribution >= 0.6 is 0 Å². The quantitative estimate of drug-likeness (QED) is 0.766. The molecule has 2 aromatic rings. The molecule has 0 spiro atoms. The Morgan fingerprint density at radius 3 is 1.96 bits per heavy atom. The van der Waals surface area contributed by atoms with E-state index in [4.69, 9.17) is 0 Å². The van der Waals surface area contributed by atoms with Gasteiger partial charge in [0.25, 0.3) is 0 Å². The van der Waals surface area contributed by atoms with Crippen molar-refractivity contribution in [2.75, 3.05) is 32.9 Å². The van der Waals surface area contributed by atoms with E-state index in [0.717, 1.165) is 17.5 Å². The molecule has 0 unspecified atom stereocenters. The number of rotatable bonds is 6. The number of benzene rings is 2. The van der Waals surface area contributed by atoms with Crippen molar-refractivity contribution in [3.8, 4) is 0 Å². The first-order valence-electron chi connectivity index (χ1n) is 9.14. The molecule has 1 fully saturated rings. The second-order valence-electron chi connectivity index (χ2n) is 7.23. The van der Waals surface area contributed by atoms with Crippen LogP contribution in [-0.4, -0.2) is 56.5 Å². The molecule has 0 aliphatic carbocycles. The van der Waals surface area contributed by atoms with Crippen LogP contribution in [0.3, 0.4) is 0 Å². The van der Waals surface area contributed by atoms with Crippen molar-refractivity contribution < 1.29 is 13.2 Å². The Labute approximate surface area is 161 Å². The van der Waals surface area contributed by atoms with E-state index in [-0.39, 0.29) is 23.6 Å². The van der Waals surface area contributed by atoms with Gasteiger partial charge < -0.3 is 4.90 Å². The summed E-state index contributed by atoms with van der Waals surface area (Å²) < 4.78 is 25.5. The molecular weight excluding hydrogens is 360 g/mol. The third-order valence-electron chi connectivity index (χ3n) is 5.41. The number of hydrogen-bond donors (Lipinski definition) is 0. The van der Waals surface area contributed by atoms with Crippen LogP contribution in [0.25, 0.3) is 0 Å². The monoisotopic (exact) mass is 386 g/mol. The number of sulfonamides is 1. The summed E-state index contributed by atoms with van der Waals surface area (Å²) >= 11 is 0. The summed E-state index contributed by atoms with van der Waals surface area (Å²) in [6.45, 7) is 0.698. The third kappa shape index (κ3) is 4.06. The van der Waals surface area contributed by atoms with E-state index < -0.39 is 10.0 Å². The van der Waals surface area contributed by atoms with Crippen LogP contribution in [0.5, 0.6) is 0 Å². The van der Waals surface area contributed by atoms with Gasteiger partial charge in [-0.2, -0.15) is 0 Å². The van der Waals surface area contributed by atoms with Crippen LogP contribution in [0.4, 0.5) is 0 Å². The van der Waals surface area contributed by atoms with E-state index in [2.05, 4.69) is 24.3 Å². The number of likely N-dealkylation sites (tertiary alicyclic amines) is 1. The lowest BCUT2D eigenvalue weighted by Gasteiger charge is -2.43. The van der Waals surface area contributed by atoms with Crippen molar-refractivity contribution in [1.29, 1.82) is 0 Å². The summed E-state index contributed by atoms with van der Waals surface area (Å²) in [5.41, 5.74) is 1.99. The first kappa shape index (κ1) is 19.6. The minimum absolute atomic E-state index is 0.0199. The van der Waals surface area contributed by atoms with E-state index in [0.29, 0.717) is 13.0 Å². The highest BCUT2D eigenvalue weighted by molar-refractivity contribution is 7.89. The predicted molar refractivity (Wildman–Crippen MR) is 107 cm³/mol. The zero-order valence-corrected chi connectivity index (χ0v) is 16.7. The second kappa shape index (κ2) is 7.82. The lowest BCUT2D eigenvalue weighted by Crippen LogP contribution is -2.51. The normalized spacial score (nSPS) is 17.3. The molecule has 5 nitrogen and oxygen atoms in total. The van der Waals surface area contributed by atoms with Gasteiger partial charge in [0.15, 0.2) is 0 Å². The van der Waals surface area contributed by atoms with Gasteiger partial charge in [0, 0.05) is 39.0 Å². The van der Waals surface area contributed by atoms with Gasteiger partial charge >= 0.3 is 0 Å². The van der Waals surface area contributed by atoms with Crippen molar-refractivity contribution in [2.45, 2.75) is 18.3 Å². The lowest BCUT2D eigenvalue weighted by molar-refractivity contribution is -0.134. The smallest absolute Gasteiger partial charge is 0.222 e. The van der Waals surface area contributed by atoms with Gasteiger partial charge in [-0.05, 0) is 17.5 Å². The molecule has 1 amide bonds. The molecule has 0 aromatic heterocycles. The molecule has 1 aliphatic rings. The van der Waals surface area contributed by atoms with E-state index in [9.17, 15) is 13.2 Å².